The summed E-state index contributed by atoms with van der Waals surface area (Å²) in [5.41, 5.74) is 0. The number of hydrogen-bond donors (Lipinski definition) is 6. The van der Waals surface area contributed by atoms with Crippen LogP contribution in [0.5, 0.6) is 0 Å². The average molecular weight is 911 g/mol. The van der Waals surface area contributed by atoms with Crippen LogP contribution in [0.15, 0.2) is 72.9 Å². The molecule has 1 rings (SSSR count). The van der Waals surface area contributed by atoms with Crippen molar-refractivity contribution >= 4 is 19.8 Å². The van der Waals surface area contributed by atoms with Crippen LogP contribution in [-0.4, -0.2) is 98.3 Å². The van der Waals surface area contributed by atoms with E-state index in [0.717, 1.165) is 51.4 Å². The number of ether oxygens (including phenoxy) is 2. The molecule has 0 aromatic carbocycles. The SMILES string of the molecule is CCC=CCC=CCC=CCC=CCC=CCC=CCCC(=O)O[C@H](COC(=O)CCCCCCCCCCCCCCCCC)COP(=O)(O)OC1C(O)C(O)C(O)[C@@H](O)C1O. The molecule has 13 nitrogen and oxygen atoms in total. The summed E-state index contributed by atoms with van der Waals surface area (Å²) < 4.78 is 33.5. The number of aliphatic hydroxyl groups excluding tert-OH is 5. The number of phosphoric ester groups is 1. The normalized spacial score (nSPS) is 22.3. The third kappa shape index (κ3) is 31.0. The van der Waals surface area contributed by atoms with Crippen molar-refractivity contribution in [1.82, 2.24) is 0 Å². The van der Waals surface area contributed by atoms with E-state index in [9.17, 15) is 44.6 Å². The Morgan fingerprint density at radius 1 is 0.508 bits per heavy atom. The molecule has 6 N–H and O–H groups in total. The average Bonchev–Trinajstić information content (AvgIpc) is 3.26. The molecule has 0 saturated heterocycles. The zero-order valence-corrected chi connectivity index (χ0v) is 39.2. The summed E-state index contributed by atoms with van der Waals surface area (Å²) in [5.74, 6) is -1.20. The highest BCUT2D eigenvalue weighted by Crippen LogP contribution is 2.47. The summed E-state index contributed by atoms with van der Waals surface area (Å²) in [6.45, 7) is 3.12. The minimum Gasteiger partial charge on any atom is -0.462 e. The summed E-state index contributed by atoms with van der Waals surface area (Å²) in [6, 6.07) is 0. The van der Waals surface area contributed by atoms with Crippen molar-refractivity contribution in [1.29, 1.82) is 0 Å². The quantitative estimate of drug-likeness (QED) is 0.0148. The number of aliphatic hydroxyl groups is 5. The molecule has 0 radical (unpaired) electrons. The maximum atomic E-state index is 12.8. The molecule has 1 saturated carbocycles. The second-order valence-corrected chi connectivity index (χ2v) is 17.6. The first kappa shape index (κ1) is 58.3. The highest BCUT2D eigenvalue weighted by atomic mass is 31.2. The summed E-state index contributed by atoms with van der Waals surface area (Å²) in [4.78, 5) is 35.7. The number of unbranched alkanes of at least 4 members (excludes halogenated alkanes) is 14. The third-order valence-electron chi connectivity index (χ3n) is 10.6. The molecule has 0 bridgehead atoms. The topological polar surface area (TPSA) is 210 Å². The van der Waals surface area contributed by atoms with Gasteiger partial charge in [-0.3, -0.25) is 18.6 Å². The van der Waals surface area contributed by atoms with E-state index in [1.807, 2.05) is 18.2 Å². The Morgan fingerprint density at radius 2 is 0.905 bits per heavy atom. The molecule has 63 heavy (non-hydrogen) atoms. The highest BCUT2D eigenvalue weighted by molar-refractivity contribution is 7.47. The van der Waals surface area contributed by atoms with Crippen molar-refractivity contribution in [2.75, 3.05) is 13.2 Å². The van der Waals surface area contributed by atoms with Crippen LogP contribution >= 0.6 is 7.82 Å². The Kier molecular flexibility index (Phi) is 35.7. The molecule has 362 valence electrons. The van der Waals surface area contributed by atoms with Gasteiger partial charge in [0.15, 0.2) is 6.10 Å². The van der Waals surface area contributed by atoms with Gasteiger partial charge < -0.3 is 39.9 Å². The second kappa shape index (κ2) is 38.5. The standard InChI is InChI=1S/C49H83O13P/c1-3-5-7-9-11-13-15-17-19-20-21-22-24-26-28-30-32-34-36-38-43(51)61-41(40-60-63(57,58)62-49-47(55)45(53)44(52)46(54)48(49)56)39-59-42(50)37-35-33-31-29-27-25-23-18-16-14-12-10-8-6-4-2/h5,7,11,13,17,19,21-22,26,28,32,34,41,44-49,52-56H,3-4,6,8-10,12,14-16,18,20,23-25,27,29-31,33,35-40H2,1-2H3,(H,57,58)/t41-,44?,45-,46?,47?,48?,49?/m1/s1. The van der Waals surface area contributed by atoms with Crippen LogP contribution in [0.1, 0.15) is 168 Å². The number of allylic oxidation sites excluding steroid dienone is 12. The Bertz CT molecular complexity index is 1380. The molecule has 0 aromatic rings. The Morgan fingerprint density at radius 3 is 1.35 bits per heavy atom. The minimum atomic E-state index is -5.14. The lowest BCUT2D eigenvalue weighted by atomic mass is 9.85. The fourth-order valence-electron chi connectivity index (χ4n) is 6.78. The first-order valence-corrected chi connectivity index (χ1v) is 25.2. The van der Waals surface area contributed by atoms with Crippen molar-refractivity contribution in [3.8, 4) is 0 Å². The maximum Gasteiger partial charge on any atom is 0.472 e. The van der Waals surface area contributed by atoms with Gasteiger partial charge in [0.2, 0.25) is 0 Å². The van der Waals surface area contributed by atoms with Gasteiger partial charge in [-0.05, 0) is 51.4 Å². The van der Waals surface area contributed by atoms with Crippen LogP contribution in [0.25, 0.3) is 0 Å². The smallest absolute Gasteiger partial charge is 0.462 e. The van der Waals surface area contributed by atoms with Gasteiger partial charge in [0, 0.05) is 12.8 Å². The third-order valence-corrected chi connectivity index (χ3v) is 11.6. The van der Waals surface area contributed by atoms with E-state index in [-0.39, 0.29) is 12.8 Å². The van der Waals surface area contributed by atoms with Gasteiger partial charge >= 0.3 is 19.8 Å². The van der Waals surface area contributed by atoms with E-state index in [1.54, 1.807) is 0 Å². The summed E-state index contributed by atoms with van der Waals surface area (Å²) in [6.07, 6.45) is 35.4. The fourth-order valence-corrected chi connectivity index (χ4v) is 7.76. The predicted molar refractivity (Wildman–Crippen MR) is 249 cm³/mol. The van der Waals surface area contributed by atoms with Crippen molar-refractivity contribution < 1.29 is 63.1 Å². The monoisotopic (exact) mass is 911 g/mol. The number of hydrogen-bond acceptors (Lipinski definition) is 12. The molecule has 0 amide bonds. The number of carbonyl (C=O) groups excluding carboxylic acids is 2. The first-order valence-electron chi connectivity index (χ1n) is 23.7. The van der Waals surface area contributed by atoms with Gasteiger partial charge in [0.05, 0.1) is 6.61 Å². The van der Waals surface area contributed by atoms with E-state index < -0.39 is 75.7 Å². The first-order chi connectivity index (χ1) is 30.4. The van der Waals surface area contributed by atoms with Gasteiger partial charge in [0.25, 0.3) is 0 Å². The van der Waals surface area contributed by atoms with E-state index in [0.29, 0.717) is 19.3 Å². The zero-order valence-electron chi connectivity index (χ0n) is 38.3. The van der Waals surface area contributed by atoms with Crippen LogP contribution < -0.4 is 0 Å². The molecule has 6 unspecified atom stereocenters. The molecule has 0 spiro atoms. The van der Waals surface area contributed by atoms with Crippen LogP contribution in [0, 0.1) is 0 Å². The number of carbonyl (C=O) groups is 2. The van der Waals surface area contributed by atoms with E-state index in [4.69, 9.17) is 18.5 Å². The minimum absolute atomic E-state index is 0.0302. The molecule has 1 aliphatic rings. The molecular weight excluding hydrogens is 828 g/mol. The Labute approximate surface area is 378 Å². The molecule has 0 aliphatic heterocycles. The van der Waals surface area contributed by atoms with Crippen LogP contribution in [-0.2, 0) is 32.7 Å². The van der Waals surface area contributed by atoms with Crippen LogP contribution in [0.2, 0.25) is 0 Å². The second-order valence-electron chi connectivity index (χ2n) is 16.2. The molecular formula is C49H83O13P. The van der Waals surface area contributed by atoms with Gasteiger partial charge in [-0.2, -0.15) is 0 Å². The molecule has 14 heteroatoms. The van der Waals surface area contributed by atoms with Crippen molar-refractivity contribution in [3.63, 3.8) is 0 Å². The molecule has 8 atom stereocenters. The maximum absolute atomic E-state index is 12.8. The number of rotatable bonds is 38. The summed E-state index contributed by atoms with van der Waals surface area (Å²) >= 11 is 0. The number of phosphoric acid groups is 1. The Hall–Kier alpha value is -2.71. The van der Waals surface area contributed by atoms with E-state index in [1.165, 1.54) is 70.6 Å². The van der Waals surface area contributed by atoms with Crippen molar-refractivity contribution in [2.24, 2.45) is 0 Å². The lowest BCUT2D eigenvalue weighted by Crippen LogP contribution is -2.64. The number of esters is 2. The lowest BCUT2D eigenvalue weighted by molar-refractivity contribution is -0.220. The largest absolute Gasteiger partial charge is 0.472 e. The van der Waals surface area contributed by atoms with Gasteiger partial charge in [0.1, 0.15) is 43.2 Å². The van der Waals surface area contributed by atoms with Crippen LogP contribution in [0.4, 0.5) is 0 Å². The predicted octanol–water partition coefficient (Wildman–Crippen LogP) is 9.50. The zero-order chi connectivity index (χ0) is 46.4. The summed E-state index contributed by atoms with van der Waals surface area (Å²) in [7, 11) is -5.14. The van der Waals surface area contributed by atoms with Crippen molar-refractivity contribution in [2.45, 2.75) is 211 Å². The highest BCUT2D eigenvalue weighted by Gasteiger charge is 2.51. The van der Waals surface area contributed by atoms with Crippen LogP contribution in [0.3, 0.4) is 0 Å². The molecule has 1 aliphatic carbocycles. The summed E-state index contributed by atoms with van der Waals surface area (Å²) in [5, 5.41) is 50.2. The van der Waals surface area contributed by atoms with Gasteiger partial charge in [-0.15, -0.1) is 0 Å². The van der Waals surface area contributed by atoms with E-state index in [2.05, 4.69) is 68.5 Å². The molecule has 0 heterocycles. The van der Waals surface area contributed by atoms with Gasteiger partial charge in [-0.25, -0.2) is 4.57 Å². The fraction of sp³-hybridized carbons (Fsp3) is 0.714. The van der Waals surface area contributed by atoms with Crippen molar-refractivity contribution in [3.05, 3.63) is 72.9 Å². The van der Waals surface area contributed by atoms with Gasteiger partial charge in [-0.1, -0.05) is 177 Å². The molecule has 0 aromatic heterocycles. The molecule has 1 fully saturated rings. The Balaban J connectivity index is 2.51. The lowest BCUT2D eigenvalue weighted by Gasteiger charge is -2.41. The van der Waals surface area contributed by atoms with E-state index >= 15 is 0 Å².